The SMILES string of the molecule is COc1ccc(S(=O)(=O)N(C)CC(=O)NC2CC(c3cccc(F)c3)NN2)cc1OC. The van der Waals surface area contributed by atoms with Gasteiger partial charge in [0.2, 0.25) is 15.9 Å². The number of carbonyl (C=O) groups is 1. The molecule has 1 heterocycles. The van der Waals surface area contributed by atoms with Gasteiger partial charge in [-0.25, -0.2) is 23.7 Å². The van der Waals surface area contributed by atoms with Gasteiger partial charge in [-0.15, -0.1) is 0 Å². The predicted octanol–water partition coefficient (Wildman–Crippen LogP) is 1.14. The van der Waals surface area contributed by atoms with E-state index in [9.17, 15) is 17.6 Å². The predicted molar refractivity (Wildman–Crippen MR) is 111 cm³/mol. The van der Waals surface area contributed by atoms with Gasteiger partial charge >= 0.3 is 0 Å². The van der Waals surface area contributed by atoms with E-state index >= 15 is 0 Å². The third-order valence-corrected chi connectivity index (χ3v) is 6.72. The molecule has 3 N–H and O–H groups in total. The molecule has 3 rings (SSSR count). The first-order chi connectivity index (χ1) is 14.7. The minimum absolute atomic E-state index is 0.0210. The van der Waals surface area contributed by atoms with E-state index in [0.717, 1.165) is 9.87 Å². The standard InChI is InChI=1S/C20H25FN4O5S/c1-25(31(27,28)15-7-8-17(29-2)18(10-15)30-3)12-20(26)22-19-11-16(23-24-19)13-5-4-6-14(21)9-13/h4-10,16,19,23-24H,11-12H2,1-3H3,(H,22,26). The normalized spacial score (nSPS) is 18.7. The van der Waals surface area contributed by atoms with Gasteiger partial charge in [-0.3, -0.25) is 4.79 Å². The van der Waals surface area contributed by atoms with Gasteiger partial charge in [-0.05, 0) is 29.8 Å². The number of rotatable bonds is 8. The molecule has 2 atom stereocenters. The molecule has 2 aromatic carbocycles. The van der Waals surface area contributed by atoms with Gasteiger partial charge in [-0.2, -0.15) is 4.31 Å². The first-order valence-corrected chi connectivity index (χ1v) is 10.9. The van der Waals surface area contributed by atoms with E-state index in [1.165, 1.54) is 51.6 Å². The van der Waals surface area contributed by atoms with Gasteiger partial charge in [0.1, 0.15) is 5.82 Å². The monoisotopic (exact) mass is 452 g/mol. The molecule has 0 bridgehead atoms. The van der Waals surface area contributed by atoms with Crippen molar-refractivity contribution in [1.29, 1.82) is 0 Å². The summed E-state index contributed by atoms with van der Waals surface area (Å²) < 4.78 is 50.3. The highest BCUT2D eigenvalue weighted by Gasteiger charge is 2.29. The number of amides is 1. The van der Waals surface area contributed by atoms with E-state index in [1.54, 1.807) is 12.1 Å². The summed E-state index contributed by atoms with van der Waals surface area (Å²) in [6, 6.07) is 10.2. The fourth-order valence-corrected chi connectivity index (χ4v) is 4.42. The van der Waals surface area contributed by atoms with Crippen molar-refractivity contribution in [3.63, 3.8) is 0 Å². The van der Waals surface area contributed by atoms with E-state index in [4.69, 9.17) is 9.47 Å². The minimum atomic E-state index is -3.92. The second-order valence-electron chi connectivity index (χ2n) is 7.03. The molecule has 168 valence electrons. The Morgan fingerprint density at radius 2 is 1.90 bits per heavy atom. The zero-order chi connectivity index (χ0) is 22.6. The molecule has 1 aliphatic rings. The van der Waals surface area contributed by atoms with Gasteiger partial charge in [0.15, 0.2) is 11.5 Å². The first kappa shape index (κ1) is 22.9. The van der Waals surface area contributed by atoms with E-state index in [2.05, 4.69) is 16.2 Å². The molecule has 1 fully saturated rings. The van der Waals surface area contributed by atoms with Crippen LogP contribution in [0, 0.1) is 5.82 Å². The van der Waals surface area contributed by atoms with Crippen LogP contribution >= 0.6 is 0 Å². The highest BCUT2D eigenvalue weighted by atomic mass is 32.2. The number of hydrazine groups is 1. The van der Waals surface area contributed by atoms with Crippen LogP contribution in [0.15, 0.2) is 47.4 Å². The molecule has 9 nitrogen and oxygen atoms in total. The van der Waals surface area contributed by atoms with Crippen molar-refractivity contribution < 1.29 is 27.1 Å². The summed E-state index contributed by atoms with van der Waals surface area (Å²) in [5.74, 6) is -0.153. The van der Waals surface area contributed by atoms with Crippen molar-refractivity contribution in [2.75, 3.05) is 27.8 Å². The molecule has 2 aromatic rings. The molecule has 0 aliphatic carbocycles. The van der Waals surface area contributed by atoms with Crippen LogP contribution in [0.25, 0.3) is 0 Å². The third-order valence-electron chi connectivity index (χ3n) is 4.92. The van der Waals surface area contributed by atoms with Crippen molar-refractivity contribution in [2.45, 2.75) is 23.5 Å². The van der Waals surface area contributed by atoms with Crippen LogP contribution in [0.3, 0.4) is 0 Å². The lowest BCUT2D eigenvalue weighted by Gasteiger charge is -2.19. The van der Waals surface area contributed by atoms with Gasteiger partial charge < -0.3 is 14.8 Å². The highest BCUT2D eigenvalue weighted by molar-refractivity contribution is 7.89. The molecular formula is C20H25FN4O5S. The van der Waals surface area contributed by atoms with Gasteiger partial charge in [0.05, 0.1) is 31.8 Å². The Labute approximate surface area is 180 Å². The molecule has 2 unspecified atom stereocenters. The van der Waals surface area contributed by atoms with E-state index in [1.807, 2.05) is 0 Å². The maximum atomic E-state index is 13.4. The topological polar surface area (TPSA) is 109 Å². The summed E-state index contributed by atoms with van der Waals surface area (Å²) in [5, 5.41) is 2.73. The molecule has 0 radical (unpaired) electrons. The lowest BCUT2D eigenvalue weighted by molar-refractivity contribution is -0.121. The van der Waals surface area contributed by atoms with Crippen LogP contribution in [-0.2, 0) is 14.8 Å². The Hall–Kier alpha value is -2.73. The third kappa shape index (κ3) is 5.31. The van der Waals surface area contributed by atoms with Gasteiger partial charge in [0, 0.05) is 25.6 Å². The number of nitrogens with one attached hydrogen (secondary N) is 3. The Morgan fingerprint density at radius 3 is 2.58 bits per heavy atom. The number of ether oxygens (including phenoxy) is 2. The van der Waals surface area contributed by atoms with E-state index in [-0.39, 0.29) is 29.0 Å². The Kier molecular flexibility index (Phi) is 7.11. The molecule has 1 saturated heterocycles. The molecular weight excluding hydrogens is 427 g/mol. The van der Waals surface area contributed by atoms with Crippen LogP contribution in [0.4, 0.5) is 4.39 Å². The van der Waals surface area contributed by atoms with Gasteiger partial charge in [-0.1, -0.05) is 12.1 Å². The molecule has 0 aromatic heterocycles. The average Bonchev–Trinajstić information content (AvgIpc) is 3.21. The number of hydrogen-bond donors (Lipinski definition) is 3. The van der Waals surface area contributed by atoms with E-state index in [0.29, 0.717) is 12.2 Å². The number of carbonyl (C=O) groups excluding carboxylic acids is 1. The van der Waals surface area contributed by atoms with Crippen LogP contribution in [0.1, 0.15) is 18.0 Å². The molecule has 31 heavy (non-hydrogen) atoms. The fraction of sp³-hybridized carbons (Fsp3) is 0.350. The Morgan fingerprint density at radius 1 is 1.16 bits per heavy atom. The van der Waals surface area contributed by atoms with Crippen molar-refractivity contribution in [3.8, 4) is 11.5 Å². The summed E-state index contributed by atoms with van der Waals surface area (Å²) in [7, 11) is 0.256. The Bertz CT molecular complexity index is 1050. The lowest BCUT2D eigenvalue weighted by Crippen LogP contribution is -2.48. The largest absolute Gasteiger partial charge is 0.493 e. The van der Waals surface area contributed by atoms with Crippen molar-refractivity contribution in [2.24, 2.45) is 0 Å². The van der Waals surface area contributed by atoms with Gasteiger partial charge in [0.25, 0.3) is 0 Å². The average molecular weight is 453 g/mol. The number of sulfonamides is 1. The van der Waals surface area contributed by atoms with Crippen molar-refractivity contribution in [1.82, 2.24) is 20.5 Å². The van der Waals surface area contributed by atoms with Crippen LogP contribution < -0.4 is 25.6 Å². The lowest BCUT2D eigenvalue weighted by atomic mass is 10.0. The van der Waals surface area contributed by atoms with Crippen molar-refractivity contribution in [3.05, 3.63) is 53.8 Å². The zero-order valence-electron chi connectivity index (χ0n) is 17.4. The second kappa shape index (κ2) is 9.60. The highest BCUT2D eigenvalue weighted by Crippen LogP contribution is 2.30. The summed E-state index contributed by atoms with van der Waals surface area (Å²) in [4.78, 5) is 12.4. The van der Waals surface area contributed by atoms with Crippen LogP contribution in [-0.4, -0.2) is 52.6 Å². The molecule has 0 saturated carbocycles. The summed E-state index contributed by atoms with van der Waals surface area (Å²) in [5.41, 5.74) is 6.67. The number of halogens is 1. The van der Waals surface area contributed by atoms with Crippen LogP contribution in [0.2, 0.25) is 0 Å². The quantitative estimate of drug-likeness (QED) is 0.551. The number of hydrogen-bond acceptors (Lipinski definition) is 7. The minimum Gasteiger partial charge on any atom is -0.493 e. The second-order valence-corrected chi connectivity index (χ2v) is 9.07. The summed E-state index contributed by atoms with van der Waals surface area (Å²) in [6.07, 6.45) is 0.0411. The maximum absolute atomic E-state index is 13.4. The zero-order valence-corrected chi connectivity index (χ0v) is 18.2. The maximum Gasteiger partial charge on any atom is 0.243 e. The number of likely N-dealkylation sites (N-methyl/N-ethyl adjacent to an activating group) is 1. The molecule has 1 amide bonds. The molecule has 11 heteroatoms. The Balaban J connectivity index is 1.60. The number of methoxy groups -OCH3 is 2. The summed E-state index contributed by atoms with van der Waals surface area (Å²) >= 11 is 0. The van der Waals surface area contributed by atoms with E-state index < -0.39 is 22.1 Å². The van der Waals surface area contributed by atoms with Crippen molar-refractivity contribution >= 4 is 15.9 Å². The van der Waals surface area contributed by atoms with Crippen LogP contribution in [0.5, 0.6) is 11.5 Å². The first-order valence-electron chi connectivity index (χ1n) is 9.49. The molecule has 1 aliphatic heterocycles. The molecule has 0 spiro atoms. The number of benzene rings is 2. The number of nitrogens with zero attached hydrogens (tertiary/aromatic N) is 1. The fourth-order valence-electron chi connectivity index (χ4n) is 3.28. The smallest absolute Gasteiger partial charge is 0.243 e. The summed E-state index contributed by atoms with van der Waals surface area (Å²) in [6.45, 7) is -0.376.